The van der Waals surface area contributed by atoms with Crippen molar-refractivity contribution >= 4 is 27.9 Å². The standard InChI is InChI=1S/C10H10BrNO5/c1-17-10(16)7(12)5-2-4(11)3-6(8(5)13)9(14)15/h2-3,7,13H,12H2,1H3,(H,14,15)/t7-/m1/s1. The lowest BCUT2D eigenvalue weighted by Crippen LogP contribution is -2.23. The summed E-state index contributed by atoms with van der Waals surface area (Å²) < 4.78 is 4.81. The number of aromatic carboxylic acids is 1. The van der Waals surface area contributed by atoms with Gasteiger partial charge in [-0.15, -0.1) is 0 Å². The number of esters is 1. The summed E-state index contributed by atoms with van der Waals surface area (Å²) in [7, 11) is 1.15. The van der Waals surface area contributed by atoms with Crippen molar-refractivity contribution in [2.24, 2.45) is 5.73 Å². The lowest BCUT2D eigenvalue weighted by atomic mass is 10.0. The molecule has 1 atom stereocenters. The minimum Gasteiger partial charge on any atom is -0.507 e. The Morgan fingerprint density at radius 3 is 2.53 bits per heavy atom. The summed E-state index contributed by atoms with van der Waals surface area (Å²) in [6.07, 6.45) is 0. The second-order valence-electron chi connectivity index (χ2n) is 3.20. The number of methoxy groups -OCH3 is 1. The Hall–Kier alpha value is -1.60. The molecule has 0 aliphatic rings. The van der Waals surface area contributed by atoms with E-state index in [4.69, 9.17) is 10.8 Å². The molecule has 4 N–H and O–H groups in total. The molecule has 0 spiro atoms. The lowest BCUT2D eigenvalue weighted by Gasteiger charge is -2.13. The van der Waals surface area contributed by atoms with Gasteiger partial charge in [0, 0.05) is 10.0 Å². The molecule has 17 heavy (non-hydrogen) atoms. The smallest absolute Gasteiger partial charge is 0.339 e. The van der Waals surface area contributed by atoms with E-state index in [1.54, 1.807) is 0 Å². The maximum Gasteiger partial charge on any atom is 0.339 e. The third-order valence-electron chi connectivity index (χ3n) is 2.12. The fourth-order valence-electron chi connectivity index (χ4n) is 1.27. The Morgan fingerprint density at radius 2 is 2.06 bits per heavy atom. The van der Waals surface area contributed by atoms with Gasteiger partial charge >= 0.3 is 11.9 Å². The van der Waals surface area contributed by atoms with E-state index < -0.39 is 23.7 Å². The van der Waals surface area contributed by atoms with Gasteiger partial charge in [0.2, 0.25) is 0 Å². The highest BCUT2D eigenvalue weighted by Gasteiger charge is 2.24. The van der Waals surface area contributed by atoms with Crippen LogP contribution in [-0.2, 0) is 9.53 Å². The Labute approximate surface area is 105 Å². The number of nitrogens with two attached hydrogens (primary N) is 1. The summed E-state index contributed by atoms with van der Waals surface area (Å²) in [5.74, 6) is -2.63. The van der Waals surface area contributed by atoms with Crippen LogP contribution in [0.1, 0.15) is 22.0 Å². The van der Waals surface area contributed by atoms with Crippen molar-refractivity contribution in [1.82, 2.24) is 0 Å². The first-order valence-corrected chi connectivity index (χ1v) is 5.27. The largest absolute Gasteiger partial charge is 0.507 e. The summed E-state index contributed by atoms with van der Waals surface area (Å²) in [6.45, 7) is 0. The number of carboxylic acids is 1. The minimum absolute atomic E-state index is 0.0105. The molecule has 0 aliphatic carbocycles. The maximum absolute atomic E-state index is 11.2. The molecular weight excluding hydrogens is 294 g/mol. The van der Waals surface area contributed by atoms with E-state index in [9.17, 15) is 14.7 Å². The predicted molar refractivity (Wildman–Crippen MR) is 61.7 cm³/mol. The molecular formula is C10H10BrNO5. The van der Waals surface area contributed by atoms with E-state index in [0.29, 0.717) is 4.47 Å². The number of phenols is 1. The molecule has 1 aromatic carbocycles. The molecule has 0 amide bonds. The van der Waals surface area contributed by atoms with E-state index in [-0.39, 0.29) is 11.1 Å². The zero-order valence-corrected chi connectivity index (χ0v) is 10.4. The van der Waals surface area contributed by atoms with Gasteiger partial charge in [0.1, 0.15) is 17.4 Å². The molecule has 1 rings (SSSR count). The summed E-state index contributed by atoms with van der Waals surface area (Å²) in [4.78, 5) is 22.1. The molecule has 1 aromatic rings. The van der Waals surface area contributed by atoms with Crippen LogP contribution in [0.2, 0.25) is 0 Å². The summed E-state index contributed by atoms with van der Waals surface area (Å²) in [6, 6.07) is 1.34. The zero-order chi connectivity index (χ0) is 13.2. The molecule has 0 heterocycles. The van der Waals surface area contributed by atoms with Crippen LogP contribution in [0, 0.1) is 0 Å². The van der Waals surface area contributed by atoms with Gasteiger partial charge in [-0.2, -0.15) is 0 Å². The van der Waals surface area contributed by atoms with E-state index in [2.05, 4.69) is 20.7 Å². The number of rotatable bonds is 3. The topological polar surface area (TPSA) is 110 Å². The van der Waals surface area contributed by atoms with E-state index in [1.807, 2.05) is 0 Å². The normalized spacial score (nSPS) is 11.9. The number of carbonyl (C=O) groups is 2. The number of benzene rings is 1. The lowest BCUT2D eigenvalue weighted by molar-refractivity contribution is -0.142. The minimum atomic E-state index is -1.32. The highest BCUT2D eigenvalue weighted by molar-refractivity contribution is 9.10. The monoisotopic (exact) mass is 303 g/mol. The van der Waals surface area contributed by atoms with Gasteiger partial charge in [-0.05, 0) is 12.1 Å². The molecule has 0 fully saturated rings. The van der Waals surface area contributed by atoms with Gasteiger partial charge in [0.25, 0.3) is 0 Å². The van der Waals surface area contributed by atoms with Crippen LogP contribution in [0.5, 0.6) is 5.75 Å². The van der Waals surface area contributed by atoms with Crippen LogP contribution < -0.4 is 5.73 Å². The quantitative estimate of drug-likeness (QED) is 0.719. The molecule has 7 heteroatoms. The number of aromatic hydroxyl groups is 1. The number of carboxylic acid groups (broad SMARTS) is 1. The number of hydrogen-bond donors (Lipinski definition) is 3. The predicted octanol–water partition coefficient (Wildman–Crippen LogP) is 1.03. The van der Waals surface area contributed by atoms with E-state index in [1.165, 1.54) is 12.1 Å². The van der Waals surface area contributed by atoms with Crippen LogP contribution in [0.25, 0.3) is 0 Å². The summed E-state index contributed by atoms with van der Waals surface area (Å²) in [5, 5.41) is 18.6. The molecule has 0 aromatic heterocycles. The van der Waals surface area contributed by atoms with Gasteiger partial charge in [0.15, 0.2) is 0 Å². The first kappa shape index (κ1) is 13.5. The highest BCUT2D eigenvalue weighted by atomic mass is 79.9. The third-order valence-corrected chi connectivity index (χ3v) is 2.58. The molecule has 0 aliphatic heterocycles. The third kappa shape index (κ3) is 2.75. The summed E-state index contributed by atoms with van der Waals surface area (Å²) in [5.41, 5.74) is 5.19. The molecule has 0 bridgehead atoms. The second-order valence-corrected chi connectivity index (χ2v) is 4.11. The SMILES string of the molecule is COC(=O)[C@H](N)c1cc(Br)cc(C(=O)O)c1O. The van der Waals surface area contributed by atoms with Gasteiger partial charge in [-0.25, -0.2) is 4.79 Å². The number of ether oxygens (including phenoxy) is 1. The van der Waals surface area contributed by atoms with Crippen molar-refractivity contribution in [3.05, 3.63) is 27.7 Å². The van der Waals surface area contributed by atoms with Crippen LogP contribution in [0.4, 0.5) is 0 Å². The van der Waals surface area contributed by atoms with Crippen molar-refractivity contribution in [1.29, 1.82) is 0 Å². The fourth-order valence-corrected chi connectivity index (χ4v) is 1.75. The average molecular weight is 304 g/mol. The summed E-state index contributed by atoms with van der Waals surface area (Å²) >= 11 is 3.07. The van der Waals surface area contributed by atoms with Crippen molar-refractivity contribution < 1.29 is 24.5 Å². The maximum atomic E-state index is 11.2. The molecule has 6 nitrogen and oxygen atoms in total. The Bertz CT molecular complexity index is 474. The molecule has 0 saturated heterocycles. The molecule has 0 radical (unpaired) electrons. The van der Waals surface area contributed by atoms with Crippen molar-refractivity contribution in [2.75, 3.05) is 7.11 Å². The second kappa shape index (κ2) is 5.15. The van der Waals surface area contributed by atoms with Gasteiger partial charge < -0.3 is 20.7 Å². The Morgan fingerprint density at radius 1 is 1.47 bits per heavy atom. The van der Waals surface area contributed by atoms with Gasteiger partial charge in [-0.1, -0.05) is 15.9 Å². The number of carbonyl (C=O) groups excluding carboxylic acids is 1. The Balaban J connectivity index is 3.34. The fraction of sp³-hybridized carbons (Fsp3) is 0.200. The molecule has 0 saturated carbocycles. The molecule has 92 valence electrons. The average Bonchev–Trinajstić information content (AvgIpc) is 2.29. The van der Waals surface area contributed by atoms with Gasteiger partial charge in [-0.3, -0.25) is 4.79 Å². The van der Waals surface area contributed by atoms with E-state index in [0.717, 1.165) is 7.11 Å². The first-order valence-electron chi connectivity index (χ1n) is 4.47. The highest BCUT2D eigenvalue weighted by Crippen LogP contribution is 2.31. The first-order chi connectivity index (χ1) is 7.88. The number of hydrogen-bond acceptors (Lipinski definition) is 5. The van der Waals surface area contributed by atoms with Crippen molar-refractivity contribution in [2.45, 2.75) is 6.04 Å². The van der Waals surface area contributed by atoms with Gasteiger partial charge in [0.05, 0.1) is 7.11 Å². The van der Waals surface area contributed by atoms with Crippen LogP contribution >= 0.6 is 15.9 Å². The van der Waals surface area contributed by atoms with Crippen molar-refractivity contribution in [3.8, 4) is 5.75 Å². The zero-order valence-electron chi connectivity index (χ0n) is 8.81. The van der Waals surface area contributed by atoms with E-state index >= 15 is 0 Å². The van der Waals surface area contributed by atoms with Crippen LogP contribution in [-0.4, -0.2) is 29.3 Å². The number of halogens is 1. The molecule has 0 unspecified atom stereocenters. The van der Waals surface area contributed by atoms with Crippen LogP contribution in [0.3, 0.4) is 0 Å². The Kier molecular flexibility index (Phi) is 4.08. The van der Waals surface area contributed by atoms with Crippen LogP contribution in [0.15, 0.2) is 16.6 Å². The van der Waals surface area contributed by atoms with Crippen molar-refractivity contribution in [3.63, 3.8) is 0 Å².